The topological polar surface area (TPSA) is 55.4 Å². The van der Waals surface area contributed by atoms with Gasteiger partial charge in [-0.1, -0.05) is 0 Å². The van der Waals surface area contributed by atoms with E-state index in [1.807, 2.05) is 24.0 Å². The fraction of sp³-hybridized carbons (Fsp3) is 0.320. The summed E-state index contributed by atoms with van der Waals surface area (Å²) >= 11 is 0. The zero-order valence-electron chi connectivity index (χ0n) is 18.7. The number of aryl methyl sites for hydroxylation is 2. The van der Waals surface area contributed by atoms with Gasteiger partial charge in [-0.15, -0.1) is 0 Å². The highest BCUT2D eigenvalue weighted by Crippen LogP contribution is 2.45. The van der Waals surface area contributed by atoms with Gasteiger partial charge in [-0.05, 0) is 62.4 Å². The van der Waals surface area contributed by atoms with Crippen LogP contribution in [0, 0.1) is 24.4 Å². The van der Waals surface area contributed by atoms with Crippen molar-refractivity contribution in [2.45, 2.75) is 44.7 Å². The van der Waals surface area contributed by atoms with Gasteiger partial charge in [-0.2, -0.15) is 5.10 Å². The molecule has 2 aliphatic rings. The summed E-state index contributed by atoms with van der Waals surface area (Å²) in [6.07, 6.45) is 6.49. The van der Waals surface area contributed by atoms with Crippen LogP contribution in [-0.4, -0.2) is 36.0 Å². The Kier molecular flexibility index (Phi) is 4.59. The molecular formula is C25H22F3N5O. The number of hydrogen-bond donors (Lipinski definition) is 0. The van der Waals surface area contributed by atoms with Crippen molar-refractivity contribution < 1.29 is 18.0 Å². The van der Waals surface area contributed by atoms with E-state index >= 15 is 0 Å². The summed E-state index contributed by atoms with van der Waals surface area (Å²) in [5, 5.41) is 4.69. The second-order valence-electron chi connectivity index (χ2n) is 9.18. The quantitative estimate of drug-likeness (QED) is 0.402. The second-order valence-corrected chi connectivity index (χ2v) is 9.18. The highest BCUT2D eigenvalue weighted by molar-refractivity contribution is 5.94. The number of pyridine rings is 1. The third kappa shape index (κ3) is 2.99. The first-order chi connectivity index (χ1) is 16.3. The predicted molar refractivity (Wildman–Crippen MR) is 119 cm³/mol. The van der Waals surface area contributed by atoms with Crippen LogP contribution in [-0.2, 0) is 13.5 Å². The number of nitrogens with zero attached hydrogens (tertiary/aromatic N) is 5. The first kappa shape index (κ1) is 20.9. The van der Waals surface area contributed by atoms with Gasteiger partial charge >= 0.3 is 0 Å². The molecule has 2 bridgehead atoms. The minimum absolute atomic E-state index is 0.0732. The zero-order valence-corrected chi connectivity index (χ0v) is 18.7. The molecule has 5 heterocycles. The molecular weight excluding hydrogens is 443 g/mol. The maximum absolute atomic E-state index is 14.0. The van der Waals surface area contributed by atoms with Crippen molar-refractivity contribution in [2.75, 3.05) is 0 Å². The van der Waals surface area contributed by atoms with Crippen LogP contribution in [0.3, 0.4) is 0 Å². The van der Waals surface area contributed by atoms with Crippen molar-refractivity contribution in [1.29, 1.82) is 0 Å². The summed E-state index contributed by atoms with van der Waals surface area (Å²) in [6.45, 7) is 1.94. The number of fused-ring (bicyclic) bond motifs is 5. The number of amides is 1. The SMILES string of the molecule is Cc1cc(C(=O)N2[C@@H]3CCC[C@H]2c2nn(C)c(-c4cc(F)c(F)c(F)c4)c2C3)n2ccnc2c1. The Balaban J connectivity index is 1.46. The maximum Gasteiger partial charge on any atom is 0.271 e. The van der Waals surface area contributed by atoms with E-state index in [1.54, 1.807) is 28.5 Å². The average Bonchev–Trinajstić information content (AvgIpc) is 3.39. The largest absolute Gasteiger partial charge is 0.325 e. The van der Waals surface area contributed by atoms with E-state index < -0.39 is 17.5 Å². The van der Waals surface area contributed by atoms with Crippen LogP contribution in [0.1, 0.15) is 52.6 Å². The van der Waals surface area contributed by atoms with E-state index in [1.165, 1.54) is 0 Å². The van der Waals surface area contributed by atoms with E-state index in [-0.39, 0.29) is 23.6 Å². The number of halogens is 3. The van der Waals surface area contributed by atoms with Crippen molar-refractivity contribution >= 4 is 11.6 Å². The number of hydrogen-bond acceptors (Lipinski definition) is 3. The molecule has 174 valence electrons. The zero-order chi connectivity index (χ0) is 23.7. The molecule has 0 radical (unpaired) electrons. The highest BCUT2D eigenvalue weighted by Gasteiger charge is 2.44. The molecule has 3 aromatic heterocycles. The van der Waals surface area contributed by atoms with Crippen LogP contribution in [0.25, 0.3) is 16.9 Å². The van der Waals surface area contributed by atoms with E-state index in [2.05, 4.69) is 4.98 Å². The van der Waals surface area contributed by atoms with Crippen LogP contribution in [0.4, 0.5) is 13.2 Å². The predicted octanol–water partition coefficient (Wildman–Crippen LogP) is 4.75. The molecule has 1 saturated heterocycles. The van der Waals surface area contributed by atoms with Gasteiger partial charge in [0.15, 0.2) is 17.5 Å². The summed E-state index contributed by atoms with van der Waals surface area (Å²) in [4.78, 5) is 20.1. The Morgan fingerprint density at radius 2 is 1.85 bits per heavy atom. The van der Waals surface area contributed by atoms with Crippen molar-refractivity contribution in [3.05, 3.63) is 76.6 Å². The molecule has 0 saturated carbocycles. The monoisotopic (exact) mass is 465 g/mol. The minimum atomic E-state index is -1.49. The van der Waals surface area contributed by atoms with Crippen molar-refractivity contribution in [1.82, 2.24) is 24.1 Å². The fourth-order valence-electron chi connectivity index (χ4n) is 5.66. The molecule has 6 rings (SSSR count). The summed E-state index contributed by atoms with van der Waals surface area (Å²) in [6, 6.07) is 5.49. The molecule has 1 aromatic carbocycles. The lowest BCUT2D eigenvalue weighted by atomic mass is 9.81. The van der Waals surface area contributed by atoms with Gasteiger partial charge in [0.1, 0.15) is 11.3 Å². The van der Waals surface area contributed by atoms with Crippen LogP contribution in [0.15, 0.2) is 36.7 Å². The van der Waals surface area contributed by atoms with Crippen molar-refractivity contribution in [3.8, 4) is 11.3 Å². The fourth-order valence-corrected chi connectivity index (χ4v) is 5.66. The molecule has 9 heteroatoms. The van der Waals surface area contributed by atoms with Crippen LogP contribution in [0.5, 0.6) is 0 Å². The molecule has 1 amide bonds. The van der Waals surface area contributed by atoms with Crippen LogP contribution in [0.2, 0.25) is 0 Å². The van der Waals surface area contributed by atoms with Crippen LogP contribution < -0.4 is 0 Å². The normalized spacial score (nSPS) is 19.5. The average molecular weight is 465 g/mol. The Labute approximate surface area is 193 Å². The Morgan fingerprint density at radius 1 is 1.09 bits per heavy atom. The molecule has 0 aliphatic carbocycles. The molecule has 2 aliphatic heterocycles. The molecule has 0 N–H and O–H groups in total. The molecule has 0 spiro atoms. The number of benzene rings is 1. The number of carbonyl (C=O) groups excluding carboxylic acids is 1. The van der Waals surface area contributed by atoms with Gasteiger partial charge in [0.2, 0.25) is 0 Å². The number of aromatic nitrogens is 4. The lowest BCUT2D eigenvalue weighted by molar-refractivity contribution is 0.0384. The van der Waals surface area contributed by atoms with Gasteiger partial charge in [0.05, 0.1) is 17.4 Å². The highest BCUT2D eigenvalue weighted by atomic mass is 19.2. The van der Waals surface area contributed by atoms with Gasteiger partial charge in [0, 0.05) is 36.6 Å². The Bertz CT molecular complexity index is 1450. The van der Waals surface area contributed by atoms with Gasteiger partial charge < -0.3 is 4.90 Å². The lowest BCUT2D eigenvalue weighted by Gasteiger charge is -2.45. The smallest absolute Gasteiger partial charge is 0.271 e. The molecule has 1 fully saturated rings. The van der Waals surface area contributed by atoms with E-state index in [0.29, 0.717) is 23.5 Å². The third-order valence-corrected chi connectivity index (χ3v) is 7.04. The number of imidazole rings is 1. The molecule has 2 atom stereocenters. The van der Waals surface area contributed by atoms with Gasteiger partial charge in [0.25, 0.3) is 5.91 Å². The molecule has 0 unspecified atom stereocenters. The maximum atomic E-state index is 14.0. The summed E-state index contributed by atoms with van der Waals surface area (Å²) in [5.74, 6) is -4.04. The first-order valence-corrected chi connectivity index (χ1v) is 11.3. The molecule has 4 aromatic rings. The standard InChI is InChI=1S/C25H22F3N5O/c1-13-8-20(32-7-6-29-21(32)9-13)25(34)33-15-4-3-5-19(33)23-16(12-15)24(31(2)30-23)14-10-17(26)22(28)18(27)11-14/h6-11,15,19H,3-5,12H2,1-2H3/t15-,19+/m1/s1. The van der Waals surface area contributed by atoms with E-state index in [4.69, 9.17) is 5.10 Å². The molecule has 6 nitrogen and oxygen atoms in total. The Morgan fingerprint density at radius 3 is 2.62 bits per heavy atom. The Hall–Kier alpha value is -3.62. The summed E-state index contributed by atoms with van der Waals surface area (Å²) in [5.41, 5.74) is 4.61. The van der Waals surface area contributed by atoms with Crippen LogP contribution >= 0.6 is 0 Å². The van der Waals surface area contributed by atoms with E-state index in [0.717, 1.165) is 48.2 Å². The molecule has 34 heavy (non-hydrogen) atoms. The summed E-state index contributed by atoms with van der Waals surface area (Å²) in [7, 11) is 1.71. The first-order valence-electron chi connectivity index (χ1n) is 11.3. The second kappa shape index (κ2) is 7.44. The lowest BCUT2D eigenvalue weighted by Crippen LogP contribution is -2.50. The number of rotatable bonds is 2. The number of carbonyl (C=O) groups is 1. The van der Waals surface area contributed by atoms with Crippen molar-refractivity contribution in [3.63, 3.8) is 0 Å². The third-order valence-electron chi connectivity index (χ3n) is 7.04. The van der Waals surface area contributed by atoms with Crippen molar-refractivity contribution in [2.24, 2.45) is 7.05 Å². The van der Waals surface area contributed by atoms with Gasteiger partial charge in [-0.25, -0.2) is 18.2 Å². The minimum Gasteiger partial charge on any atom is -0.325 e. The van der Waals surface area contributed by atoms with Gasteiger partial charge in [-0.3, -0.25) is 13.9 Å². The van der Waals surface area contributed by atoms with E-state index in [9.17, 15) is 18.0 Å². The number of piperidine rings is 1. The summed E-state index contributed by atoms with van der Waals surface area (Å²) < 4.78 is 45.0.